The highest BCUT2D eigenvalue weighted by Crippen LogP contribution is 2.35. The van der Waals surface area contributed by atoms with Crippen LogP contribution >= 0.6 is 7.82 Å². The van der Waals surface area contributed by atoms with Gasteiger partial charge in [0, 0.05) is 6.54 Å². The number of amides is 6. The first-order valence-corrected chi connectivity index (χ1v) is 20.1. The Kier molecular flexibility index (Phi) is 19.4. The number of nitrogens with one attached hydrogen (secondary N) is 5. The first kappa shape index (κ1) is 48.4. The zero-order valence-electron chi connectivity index (χ0n) is 32.7. The largest absolute Gasteiger partial charge is 0.481 e. The number of carbonyl (C=O) groups excluding carboxylic acids is 7. The van der Waals surface area contributed by atoms with Crippen LogP contribution in [0.25, 0.3) is 0 Å². The van der Waals surface area contributed by atoms with Crippen LogP contribution in [0.2, 0.25) is 0 Å². The van der Waals surface area contributed by atoms with E-state index in [0.29, 0.717) is 12.7 Å². The van der Waals surface area contributed by atoms with E-state index in [4.69, 9.17) is 5.73 Å². The molecular weight excluding hydrogens is 769 g/mol. The number of likely N-dealkylation sites (tertiary alicyclic amines) is 1. The molecule has 7 atom stereocenters. The standard InChI is InChI=1S/C36H56N7O13P/c1-20(2)14-25(40-33(49)26(17-30(45)46)39-31(47)22(5)37)32(48)42-28(19-56-57(53,54)55)34(50)41-27(15-21(3)4)36(52)43-13-9-12-29(43)35(51)38-24(18-44)16-23-10-7-6-8-11-23/h6-8,10-11,18,20-22,24-29H,9,12-17,19,37H2,1-5H3,(H,38,51)(H,39,47)(H,40,49)(H,41,50)(H,42,48)(H,45,46)(H2,53,54,55)/t22-,24-,25-,26-,27-,28-,29-/m0/s1. The number of carboxylic acid groups (broad SMARTS) is 1. The molecule has 21 heteroatoms. The molecule has 6 amide bonds. The number of hydrogen-bond acceptors (Lipinski definition) is 11. The number of aldehydes is 1. The Morgan fingerprint density at radius 2 is 1.35 bits per heavy atom. The van der Waals surface area contributed by atoms with Gasteiger partial charge in [0.1, 0.15) is 36.5 Å². The number of rotatable bonds is 23. The summed E-state index contributed by atoms with van der Waals surface area (Å²) >= 11 is 0. The molecule has 1 heterocycles. The molecule has 2 rings (SSSR count). The van der Waals surface area contributed by atoms with Crippen LogP contribution in [0.5, 0.6) is 0 Å². The number of phosphoric acid groups is 1. The molecule has 0 unspecified atom stereocenters. The summed E-state index contributed by atoms with van der Waals surface area (Å²) in [6.45, 7) is 7.29. The minimum Gasteiger partial charge on any atom is -0.481 e. The molecule has 0 bridgehead atoms. The monoisotopic (exact) mass is 825 g/mol. The maximum Gasteiger partial charge on any atom is 0.469 e. The van der Waals surface area contributed by atoms with Crippen molar-refractivity contribution in [2.24, 2.45) is 17.6 Å². The van der Waals surface area contributed by atoms with Crippen molar-refractivity contribution in [2.75, 3.05) is 13.2 Å². The van der Waals surface area contributed by atoms with Crippen LogP contribution in [0, 0.1) is 11.8 Å². The van der Waals surface area contributed by atoms with E-state index >= 15 is 0 Å². The molecule has 1 aromatic rings. The van der Waals surface area contributed by atoms with Gasteiger partial charge in [0.15, 0.2) is 0 Å². The molecule has 1 aliphatic rings. The van der Waals surface area contributed by atoms with Gasteiger partial charge in [0.25, 0.3) is 0 Å². The highest BCUT2D eigenvalue weighted by Gasteiger charge is 2.40. The van der Waals surface area contributed by atoms with Crippen LogP contribution < -0.4 is 32.3 Å². The SMILES string of the molecule is CC(C)C[C@H](NC(=O)[C@H](CC(=O)O)NC(=O)[C@H](C)N)C(=O)N[C@@H](COP(=O)(O)O)C(=O)N[C@@H](CC(C)C)C(=O)N1CCC[C@H]1C(=O)N[C@H](C=O)Cc1ccccc1. The topological polar surface area (TPSA) is 313 Å². The van der Waals surface area contributed by atoms with Crippen molar-refractivity contribution >= 4 is 55.5 Å². The third kappa shape index (κ3) is 17.1. The van der Waals surface area contributed by atoms with Crippen LogP contribution in [0.4, 0.5) is 0 Å². The van der Waals surface area contributed by atoms with Gasteiger partial charge in [-0.3, -0.25) is 38.1 Å². The van der Waals surface area contributed by atoms with Gasteiger partial charge in [0.05, 0.1) is 25.1 Å². The number of nitrogens with zero attached hydrogens (tertiary/aromatic N) is 1. The van der Waals surface area contributed by atoms with E-state index in [1.54, 1.807) is 52.0 Å². The Hall–Kier alpha value is -4.75. The number of aliphatic carboxylic acids is 1. The predicted octanol–water partition coefficient (Wildman–Crippen LogP) is -1.13. The number of hydrogen-bond donors (Lipinski definition) is 9. The molecule has 0 aliphatic carbocycles. The Balaban J connectivity index is 2.33. The van der Waals surface area contributed by atoms with Gasteiger partial charge in [-0.15, -0.1) is 0 Å². The second-order valence-electron chi connectivity index (χ2n) is 14.8. The molecule has 10 N–H and O–H groups in total. The zero-order chi connectivity index (χ0) is 43.0. The summed E-state index contributed by atoms with van der Waals surface area (Å²) in [6.07, 6.45) is 0.653. The lowest BCUT2D eigenvalue weighted by atomic mass is 10.0. The number of nitrogens with two attached hydrogens (primary N) is 1. The second-order valence-corrected chi connectivity index (χ2v) is 16.0. The maximum absolute atomic E-state index is 14.0. The Morgan fingerprint density at radius 3 is 1.89 bits per heavy atom. The first-order valence-electron chi connectivity index (χ1n) is 18.6. The van der Waals surface area contributed by atoms with Crippen molar-refractivity contribution in [3.8, 4) is 0 Å². The third-order valence-electron chi connectivity index (χ3n) is 8.76. The van der Waals surface area contributed by atoms with E-state index in [9.17, 15) is 57.8 Å². The van der Waals surface area contributed by atoms with Gasteiger partial charge >= 0.3 is 13.8 Å². The molecule has 0 aromatic heterocycles. The van der Waals surface area contributed by atoms with Crippen molar-refractivity contribution in [3.63, 3.8) is 0 Å². The summed E-state index contributed by atoms with van der Waals surface area (Å²) in [5.74, 6) is -7.19. The van der Waals surface area contributed by atoms with Crippen molar-refractivity contribution in [1.82, 2.24) is 31.5 Å². The summed E-state index contributed by atoms with van der Waals surface area (Å²) < 4.78 is 16.2. The van der Waals surface area contributed by atoms with E-state index in [-0.39, 0.29) is 44.1 Å². The Bertz CT molecular complexity index is 1620. The molecule has 1 saturated heterocycles. The van der Waals surface area contributed by atoms with E-state index < -0.39 is 105 Å². The number of carboxylic acids is 1. The van der Waals surface area contributed by atoms with Crippen LogP contribution in [-0.4, -0.2) is 123 Å². The number of benzene rings is 1. The van der Waals surface area contributed by atoms with Crippen LogP contribution in [0.15, 0.2) is 30.3 Å². The van der Waals surface area contributed by atoms with Crippen molar-refractivity contribution < 1.29 is 62.3 Å². The van der Waals surface area contributed by atoms with E-state index in [2.05, 4.69) is 31.1 Å². The molecule has 57 heavy (non-hydrogen) atoms. The first-order chi connectivity index (χ1) is 26.6. The summed E-state index contributed by atoms with van der Waals surface area (Å²) in [6, 6.07) is -0.180. The minimum absolute atomic E-state index is 0.0462. The summed E-state index contributed by atoms with van der Waals surface area (Å²) in [7, 11) is -5.22. The fourth-order valence-corrected chi connectivity index (χ4v) is 6.38. The van der Waals surface area contributed by atoms with Gasteiger partial charge in [-0.1, -0.05) is 58.0 Å². The molecule has 1 aliphatic heterocycles. The molecular formula is C36H56N7O13P. The molecule has 1 fully saturated rings. The van der Waals surface area contributed by atoms with Gasteiger partial charge < -0.3 is 56.9 Å². The van der Waals surface area contributed by atoms with Crippen LogP contribution in [0.3, 0.4) is 0 Å². The van der Waals surface area contributed by atoms with Gasteiger partial charge in [0.2, 0.25) is 35.4 Å². The third-order valence-corrected chi connectivity index (χ3v) is 9.24. The zero-order valence-corrected chi connectivity index (χ0v) is 33.6. The van der Waals surface area contributed by atoms with E-state index in [1.807, 2.05) is 6.07 Å². The average Bonchev–Trinajstić information content (AvgIpc) is 3.61. The molecule has 0 saturated carbocycles. The minimum atomic E-state index is -5.22. The van der Waals surface area contributed by atoms with Gasteiger partial charge in [-0.05, 0) is 56.4 Å². The fourth-order valence-electron chi connectivity index (χ4n) is 6.04. The lowest BCUT2D eigenvalue weighted by molar-refractivity contribution is -0.142. The molecule has 0 radical (unpaired) electrons. The maximum atomic E-state index is 14.0. The van der Waals surface area contributed by atoms with Crippen molar-refractivity contribution in [1.29, 1.82) is 0 Å². The van der Waals surface area contributed by atoms with Gasteiger partial charge in [-0.2, -0.15) is 0 Å². The fraction of sp³-hybridized carbons (Fsp3) is 0.611. The predicted molar refractivity (Wildman–Crippen MR) is 203 cm³/mol. The summed E-state index contributed by atoms with van der Waals surface area (Å²) in [5.41, 5.74) is 6.35. The normalized spacial score (nSPS) is 17.4. The Morgan fingerprint density at radius 1 is 0.825 bits per heavy atom. The lowest BCUT2D eigenvalue weighted by Gasteiger charge is -2.31. The van der Waals surface area contributed by atoms with Crippen LogP contribution in [0.1, 0.15) is 72.3 Å². The highest BCUT2D eigenvalue weighted by atomic mass is 31.2. The summed E-state index contributed by atoms with van der Waals surface area (Å²) in [5, 5.41) is 21.4. The molecule has 0 spiro atoms. The number of carbonyl (C=O) groups is 8. The quantitative estimate of drug-likeness (QED) is 0.0466. The average molecular weight is 826 g/mol. The second kappa shape index (κ2) is 22.9. The number of phosphoric ester groups is 1. The van der Waals surface area contributed by atoms with Gasteiger partial charge in [-0.25, -0.2) is 4.57 Å². The smallest absolute Gasteiger partial charge is 0.469 e. The van der Waals surface area contributed by atoms with Crippen LogP contribution in [-0.2, 0) is 53.9 Å². The lowest BCUT2D eigenvalue weighted by Crippen LogP contribution is -2.60. The highest BCUT2D eigenvalue weighted by molar-refractivity contribution is 7.46. The van der Waals surface area contributed by atoms with Crippen molar-refractivity contribution in [2.45, 2.75) is 115 Å². The summed E-state index contributed by atoms with van der Waals surface area (Å²) in [4.78, 5) is 124. The van der Waals surface area contributed by atoms with E-state index in [0.717, 1.165) is 5.56 Å². The van der Waals surface area contributed by atoms with Crippen molar-refractivity contribution in [3.05, 3.63) is 35.9 Å². The molecule has 1 aromatic carbocycles. The van der Waals surface area contributed by atoms with E-state index in [1.165, 1.54) is 11.8 Å². The Labute approximate surface area is 331 Å². The molecule has 20 nitrogen and oxygen atoms in total. The molecule has 318 valence electrons.